The summed E-state index contributed by atoms with van der Waals surface area (Å²) in [6.07, 6.45) is 5.80. The normalized spacial score (nSPS) is 18.8. The van der Waals surface area contributed by atoms with Crippen molar-refractivity contribution in [1.29, 1.82) is 0 Å². The van der Waals surface area contributed by atoms with Gasteiger partial charge in [-0.1, -0.05) is 26.7 Å². The Kier molecular flexibility index (Phi) is 4.80. The Labute approximate surface area is 121 Å². The van der Waals surface area contributed by atoms with Crippen molar-refractivity contribution < 1.29 is 8.42 Å². The second-order valence-electron chi connectivity index (χ2n) is 6.01. The predicted octanol–water partition coefficient (Wildman–Crippen LogP) is 1.62. The van der Waals surface area contributed by atoms with Gasteiger partial charge >= 0.3 is 0 Å². The Hall–Kier alpha value is -0.950. The third-order valence-electron chi connectivity index (χ3n) is 3.93. The molecule has 2 rings (SSSR count). The molecular formula is C13H24N4O2S. The number of nitrogens with zero attached hydrogens (tertiary/aromatic N) is 3. The van der Waals surface area contributed by atoms with Crippen molar-refractivity contribution in [1.82, 2.24) is 19.5 Å². The van der Waals surface area contributed by atoms with Gasteiger partial charge in [0.1, 0.15) is 12.2 Å². The molecule has 1 aliphatic rings. The quantitative estimate of drug-likeness (QED) is 0.866. The van der Waals surface area contributed by atoms with Crippen LogP contribution in [0.15, 0.2) is 6.33 Å². The molecule has 20 heavy (non-hydrogen) atoms. The van der Waals surface area contributed by atoms with Crippen LogP contribution in [-0.4, -0.2) is 28.9 Å². The van der Waals surface area contributed by atoms with Gasteiger partial charge in [-0.3, -0.25) is 4.68 Å². The highest BCUT2D eigenvalue weighted by Crippen LogP contribution is 2.27. The largest absolute Gasteiger partial charge is 0.252 e. The minimum absolute atomic E-state index is 0.122. The number of sulfonamides is 1. The van der Waals surface area contributed by atoms with Crippen molar-refractivity contribution in [3.8, 4) is 0 Å². The van der Waals surface area contributed by atoms with Gasteiger partial charge in [-0.05, 0) is 24.7 Å². The summed E-state index contributed by atoms with van der Waals surface area (Å²) in [5, 5.41) is 4.02. The fraction of sp³-hybridized carbons (Fsp3) is 0.846. The molecule has 6 nitrogen and oxygen atoms in total. The summed E-state index contributed by atoms with van der Waals surface area (Å²) in [6.45, 7) is 3.97. The van der Waals surface area contributed by atoms with E-state index < -0.39 is 10.0 Å². The molecule has 0 spiro atoms. The van der Waals surface area contributed by atoms with E-state index in [2.05, 4.69) is 14.8 Å². The molecule has 1 saturated carbocycles. The Bertz CT molecular complexity index is 532. The third-order valence-corrected chi connectivity index (χ3v) is 5.45. The van der Waals surface area contributed by atoms with Gasteiger partial charge < -0.3 is 0 Å². The first kappa shape index (κ1) is 15.4. The maximum absolute atomic E-state index is 12.3. The zero-order valence-corrected chi connectivity index (χ0v) is 13.2. The molecule has 0 aliphatic heterocycles. The molecule has 7 heteroatoms. The first-order chi connectivity index (χ1) is 9.39. The highest BCUT2D eigenvalue weighted by atomic mass is 32.2. The van der Waals surface area contributed by atoms with Crippen LogP contribution in [0.2, 0.25) is 0 Å². The van der Waals surface area contributed by atoms with Gasteiger partial charge in [-0.2, -0.15) is 5.10 Å². The second-order valence-corrected chi connectivity index (χ2v) is 7.81. The van der Waals surface area contributed by atoms with Crippen molar-refractivity contribution in [3.63, 3.8) is 0 Å². The molecule has 114 valence electrons. The van der Waals surface area contributed by atoms with Crippen molar-refractivity contribution >= 4 is 10.0 Å². The number of hydrogen-bond acceptors (Lipinski definition) is 4. The minimum Gasteiger partial charge on any atom is -0.252 e. The van der Waals surface area contributed by atoms with Crippen LogP contribution < -0.4 is 4.72 Å². The van der Waals surface area contributed by atoms with Crippen molar-refractivity contribution in [2.24, 2.45) is 18.9 Å². The van der Waals surface area contributed by atoms with Gasteiger partial charge in [0.25, 0.3) is 0 Å². The summed E-state index contributed by atoms with van der Waals surface area (Å²) >= 11 is 0. The zero-order chi connectivity index (χ0) is 14.8. The van der Waals surface area contributed by atoms with Gasteiger partial charge in [-0.15, -0.1) is 0 Å². The maximum atomic E-state index is 12.3. The highest BCUT2D eigenvalue weighted by Gasteiger charge is 2.28. The molecule has 1 aromatic rings. The summed E-state index contributed by atoms with van der Waals surface area (Å²) in [5.74, 6) is 1.32. The van der Waals surface area contributed by atoms with Gasteiger partial charge in [0, 0.05) is 7.05 Å². The number of aryl methyl sites for hydroxylation is 1. The van der Waals surface area contributed by atoms with Crippen molar-refractivity contribution in [2.45, 2.75) is 45.6 Å². The van der Waals surface area contributed by atoms with Crippen LogP contribution in [0.3, 0.4) is 0 Å². The lowest BCUT2D eigenvalue weighted by atomic mass is 10.1. The molecule has 1 aliphatic carbocycles. The smallest absolute Gasteiger partial charge is 0.212 e. The second kappa shape index (κ2) is 6.22. The average Bonchev–Trinajstić information content (AvgIpc) is 2.97. The van der Waals surface area contributed by atoms with Crippen LogP contribution >= 0.6 is 0 Å². The SMILES string of the molecule is CC(C)[C@@H](NS(=O)(=O)CC1CCCC1)c1ncnn1C. The molecule has 0 saturated heterocycles. The first-order valence-electron chi connectivity index (χ1n) is 7.23. The topological polar surface area (TPSA) is 76.9 Å². The summed E-state index contributed by atoms with van der Waals surface area (Å²) in [7, 11) is -1.50. The van der Waals surface area contributed by atoms with E-state index >= 15 is 0 Å². The molecule has 1 fully saturated rings. The lowest BCUT2D eigenvalue weighted by Gasteiger charge is -2.22. The molecule has 1 N–H and O–H groups in total. The molecule has 0 radical (unpaired) electrons. The van der Waals surface area contributed by atoms with E-state index in [1.807, 2.05) is 13.8 Å². The van der Waals surface area contributed by atoms with Gasteiger partial charge in [-0.25, -0.2) is 18.1 Å². The van der Waals surface area contributed by atoms with E-state index in [0.29, 0.717) is 11.7 Å². The van der Waals surface area contributed by atoms with E-state index in [1.54, 1.807) is 11.7 Å². The summed E-state index contributed by atoms with van der Waals surface area (Å²) in [5.41, 5.74) is 0. The molecule has 1 aromatic heterocycles. The van der Waals surface area contributed by atoms with Crippen LogP contribution in [0.4, 0.5) is 0 Å². The molecule has 0 amide bonds. The Balaban J connectivity index is 2.09. The fourth-order valence-corrected chi connectivity index (χ4v) is 4.62. The summed E-state index contributed by atoms with van der Waals surface area (Å²) in [6, 6.07) is -0.325. The van der Waals surface area contributed by atoms with Crippen LogP contribution in [-0.2, 0) is 17.1 Å². The van der Waals surface area contributed by atoms with Crippen molar-refractivity contribution in [3.05, 3.63) is 12.2 Å². The summed E-state index contributed by atoms with van der Waals surface area (Å²) < 4.78 is 29.1. The zero-order valence-electron chi connectivity index (χ0n) is 12.4. The predicted molar refractivity (Wildman–Crippen MR) is 77.5 cm³/mol. The number of aromatic nitrogens is 3. The molecule has 0 aromatic carbocycles. The third kappa shape index (κ3) is 3.79. The van der Waals surface area contributed by atoms with Crippen LogP contribution in [0, 0.1) is 11.8 Å². The van der Waals surface area contributed by atoms with Crippen LogP contribution in [0.5, 0.6) is 0 Å². The molecule has 0 unspecified atom stereocenters. The number of nitrogens with one attached hydrogen (secondary N) is 1. The fourth-order valence-electron chi connectivity index (χ4n) is 2.80. The van der Waals surface area contributed by atoms with Crippen molar-refractivity contribution in [2.75, 3.05) is 5.75 Å². The Morgan fingerprint density at radius 2 is 2.05 bits per heavy atom. The summed E-state index contributed by atoms with van der Waals surface area (Å²) in [4.78, 5) is 4.18. The minimum atomic E-state index is -3.28. The standard InChI is InChI=1S/C13H24N4O2S/c1-10(2)12(13-14-9-15-17(13)3)16-20(18,19)8-11-6-4-5-7-11/h9-12,16H,4-8H2,1-3H3/t12-/m1/s1. The van der Waals surface area contributed by atoms with Crippen LogP contribution in [0.25, 0.3) is 0 Å². The highest BCUT2D eigenvalue weighted by molar-refractivity contribution is 7.89. The Morgan fingerprint density at radius 1 is 1.40 bits per heavy atom. The lowest BCUT2D eigenvalue weighted by molar-refractivity contribution is 0.426. The van der Waals surface area contributed by atoms with Gasteiger partial charge in [0.05, 0.1) is 11.8 Å². The van der Waals surface area contributed by atoms with Crippen LogP contribution in [0.1, 0.15) is 51.4 Å². The Morgan fingerprint density at radius 3 is 2.55 bits per heavy atom. The monoisotopic (exact) mass is 300 g/mol. The first-order valence-corrected chi connectivity index (χ1v) is 8.88. The molecule has 1 heterocycles. The van der Waals surface area contributed by atoms with Gasteiger partial charge in [0.2, 0.25) is 10.0 Å². The number of hydrogen-bond donors (Lipinski definition) is 1. The van der Waals surface area contributed by atoms with E-state index in [9.17, 15) is 8.42 Å². The molecule has 1 atom stereocenters. The lowest BCUT2D eigenvalue weighted by Crippen LogP contribution is -2.36. The maximum Gasteiger partial charge on any atom is 0.212 e. The average molecular weight is 300 g/mol. The van der Waals surface area contributed by atoms with Gasteiger partial charge in [0.15, 0.2) is 0 Å². The van der Waals surface area contributed by atoms with E-state index in [-0.39, 0.29) is 17.7 Å². The van der Waals surface area contributed by atoms with E-state index in [4.69, 9.17) is 0 Å². The molecular weight excluding hydrogens is 276 g/mol. The van der Waals surface area contributed by atoms with E-state index in [1.165, 1.54) is 6.33 Å². The number of rotatable bonds is 6. The van der Waals surface area contributed by atoms with E-state index in [0.717, 1.165) is 25.7 Å². The molecule has 0 bridgehead atoms.